The number of aromatic nitrogens is 4. The molecule has 2 aromatic heterocycles. The van der Waals surface area contributed by atoms with E-state index < -0.39 is 11.9 Å². The lowest BCUT2D eigenvalue weighted by atomic mass is 9.88. The van der Waals surface area contributed by atoms with Crippen molar-refractivity contribution in [3.63, 3.8) is 0 Å². The van der Waals surface area contributed by atoms with Gasteiger partial charge in [-0.3, -0.25) is 9.89 Å². The van der Waals surface area contributed by atoms with Crippen molar-refractivity contribution < 1.29 is 14.3 Å². The van der Waals surface area contributed by atoms with Crippen molar-refractivity contribution >= 4 is 17.5 Å². The molecule has 30 heavy (non-hydrogen) atoms. The Kier molecular flexibility index (Phi) is 5.78. The first kappa shape index (κ1) is 20.4. The third kappa shape index (κ3) is 4.06. The van der Waals surface area contributed by atoms with Crippen LogP contribution in [0.15, 0.2) is 36.8 Å². The largest absolute Gasteiger partial charge is 0.384 e. The number of H-pyrrole nitrogens is 1. The van der Waals surface area contributed by atoms with Gasteiger partial charge < -0.3 is 10.0 Å². The zero-order valence-corrected chi connectivity index (χ0v) is 17.1. The van der Waals surface area contributed by atoms with Crippen LogP contribution in [0.1, 0.15) is 31.4 Å². The fraction of sp³-hybridized carbons (Fsp3) is 0.333. The molecular weight excluding hydrogens is 409 g/mol. The Morgan fingerprint density at radius 1 is 1.33 bits per heavy atom. The smallest absolute Gasteiger partial charge is 0.251 e. The van der Waals surface area contributed by atoms with Gasteiger partial charge in [-0.25, -0.2) is 14.4 Å². The summed E-state index contributed by atoms with van der Waals surface area (Å²) < 4.78 is 14.0. The average Bonchev–Trinajstić information content (AvgIpc) is 3.18. The molecule has 2 N–H and O–H groups in total. The van der Waals surface area contributed by atoms with Gasteiger partial charge in [-0.05, 0) is 44.0 Å². The Hall–Kier alpha value is -2.84. The van der Waals surface area contributed by atoms with Gasteiger partial charge in [-0.2, -0.15) is 5.10 Å². The van der Waals surface area contributed by atoms with Crippen LogP contribution in [-0.4, -0.2) is 55.3 Å². The van der Waals surface area contributed by atoms with E-state index in [1.54, 1.807) is 23.2 Å². The van der Waals surface area contributed by atoms with Crippen molar-refractivity contribution in [3.05, 3.63) is 53.3 Å². The highest BCUT2D eigenvalue weighted by Gasteiger charge is 2.30. The number of piperidine rings is 1. The number of hydrogen-bond donors (Lipinski definition) is 2. The van der Waals surface area contributed by atoms with Crippen molar-refractivity contribution in [1.29, 1.82) is 0 Å². The maximum Gasteiger partial charge on any atom is 0.251 e. The van der Waals surface area contributed by atoms with Gasteiger partial charge in [0.15, 0.2) is 0 Å². The number of amides is 1. The number of carbonyl (C=O) groups is 1. The summed E-state index contributed by atoms with van der Waals surface area (Å²) >= 11 is 6.06. The second-order valence-corrected chi connectivity index (χ2v) is 7.83. The third-order valence-corrected chi connectivity index (χ3v) is 5.56. The van der Waals surface area contributed by atoms with Crippen LogP contribution in [0, 0.1) is 5.82 Å². The van der Waals surface area contributed by atoms with Crippen LogP contribution in [0.2, 0.25) is 5.02 Å². The summed E-state index contributed by atoms with van der Waals surface area (Å²) in [5.74, 6) is -0.594. The number of hydrogen-bond acceptors (Lipinski definition) is 5. The molecule has 0 radical (unpaired) electrons. The lowest BCUT2D eigenvalue weighted by Gasteiger charge is -2.32. The molecule has 1 atom stereocenters. The number of nitrogens with zero attached hydrogens (tertiary/aromatic N) is 4. The summed E-state index contributed by atoms with van der Waals surface area (Å²) in [5, 5.41) is 17.4. The van der Waals surface area contributed by atoms with Gasteiger partial charge in [-0.15, -0.1) is 0 Å². The van der Waals surface area contributed by atoms with Gasteiger partial charge in [-0.1, -0.05) is 11.6 Å². The molecule has 0 bridgehead atoms. The molecule has 3 aromatic rings. The van der Waals surface area contributed by atoms with E-state index in [1.807, 2.05) is 0 Å². The second kappa shape index (κ2) is 8.49. The molecule has 1 fully saturated rings. The third-order valence-electron chi connectivity index (χ3n) is 5.34. The summed E-state index contributed by atoms with van der Waals surface area (Å²) in [4.78, 5) is 22.1. The monoisotopic (exact) mass is 429 g/mol. The Labute approximate surface area is 177 Å². The summed E-state index contributed by atoms with van der Waals surface area (Å²) in [6.07, 6.45) is 3.52. The highest BCUT2D eigenvalue weighted by molar-refractivity contribution is 6.30. The maximum absolute atomic E-state index is 14.0. The number of aromatic amines is 1. The van der Waals surface area contributed by atoms with Crippen molar-refractivity contribution in [1.82, 2.24) is 25.1 Å². The topological polar surface area (TPSA) is 95.0 Å². The molecule has 0 saturated carbocycles. The lowest BCUT2D eigenvalue weighted by molar-refractivity contribution is -0.140. The fourth-order valence-corrected chi connectivity index (χ4v) is 4.12. The van der Waals surface area contributed by atoms with Crippen molar-refractivity contribution in [2.24, 2.45) is 0 Å². The molecule has 0 spiro atoms. The summed E-state index contributed by atoms with van der Waals surface area (Å²) in [6, 6.07) is 6.09. The molecule has 1 aliphatic heterocycles. The molecule has 3 heterocycles. The van der Waals surface area contributed by atoms with E-state index in [0.717, 1.165) is 11.3 Å². The maximum atomic E-state index is 14.0. The Balaban J connectivity index is 1.71. The molecule has 4 rings (SSSR count). The SMILES string of the molecule is CC(O)C(=O)N1CCC(c2[nH]nc(-c3cc(F)cc(Cl)c3)c2-c2ccncn2)CC1. The first-order valence-electron chi connectivity index (χ1n) is 9.72. The number of halogens is 2. The number of nitrogens with one attached hydrogen (secondary N) is 1. The first-order chi connectivity index (χ1) is 14.4. The lowest BCUT2D eigenvalue weighted by Crippen LogP contribution is -2.42. The second-order valence-electron chi connectivity index (χ2n) is 7.39. The van der Waals surface area contributed by atoms with Crippen LogP contribution >= 0.6 is 11.6 Å². The molecule has 0 aliphatic carbocycles. The number of carbonyl (C=O) groups excluding carboxylic acids is 1. The summed E-state index contributed by atoms with van der Waals surface area (Å²) in [7, 11) is 0. The minimum absolute atomic E-state index is 0.110. The van der Waals surface area contributed by atoms with Crippen molar-refractivity contribution in [2.45, 2.75) is 31.8 Å². The summed E-state index contributed by atoms with van der Waals surface area (Å²) in [5.41, 5.74) is 3.45. The molecule has 156 valence electrons. The molecule has 1 saturated heterocycles. The highest BCUT2D eigenvalue weighted by Crippen LogP contribution is 2.39. The molecular formula is C21H21ClFN5O2. The van der Waals surface area contributed by atoms with Gasteiger partial charge in [0.1, 0.15) is 23.9 Å². The van der Waals surface area contributed by atoms with Gasteiger partial charge in [0, 0.05) is 47.0 Å². The van der Waals surface area contributed by atoms with E-state index in [1.165, 1.54) is 25.4 Å². The normalized spacial score (nSPS) is 15.9. The Bertz CT molecular complexity index is 1030. The molecule has 1 aromatic carbocycles. The molecule has 1 amide bonds. The Morgan fingerprint density at radius 2 is 2.10 bits per heavy atom. The van der Waals surface area contributed by atoms with E-state index in [9.17, 15) is 14.3 Å². The van der Waals surface area contributed by atoms with Crippen LogP contribution < -0.4 is 0 Å². The predicted molar refractivity (Wildman–Crippen MR) is 110 cm³/mol. The molecule has 9 heteroatoms. The standard InChI is InChI=1S/C21H21ClFN5O2/c1-12(29)21(30)28-6-3-13(4-7-28)19-18(17-2-5-24-11-25-17)20(27-26-19)14-8-15(22)10-16(23)9-14/h2,5,8-13,29H,3-4,6-7H2,1H3,(H,26,27). The minimum atomic E-state index is -1.00. The zero-order valence-electron chi connectivity index (χ0n) is 16.3. The highest BCUT2D eigenvalue weighted by atomic mass is 35.5. The quantitative estimate of drug-likeness (QED) is 0.662. The number of benzene rings is 1. The van der Waals surface area contributed by atoms with Gasteiger partial charge in [0.2, 0.25) is 0 Å². The number of rotatable bonds is 4. The van der Waals surface area contributed by atoms with E-state index in [-0.39, 0.29) is 16.8 Å². The van der Waals surface area contributed by atoms with E-state index in [4.69, 9.17) is 11.6 Å². The van der Waals surface area contributed by atoms with Crippen molar-refractivity contribution in [2.75, 3.05) is 13.1 Å². The van der Waals surface area contributed by atoms with Crippen LogP contribution in [0.5, 0.6) is 0 Å². The average molecular weight is 430 g/mol. The fourth-order valence-electron chi connectivity index (χ4n) is 3.90. The van der Waals surface area contributed by atoms with Crippen LogP contribution in [0.4, 0.5) is 4.39 Å². The minimum Gasteiger partial charge on any atom is -0.384 e. The van der Waals surface area contributed by atoms with Crippen molar-refractivity contribution in [3.8, 4) is 22.5 Å². The first-order valence-corrected chi connectivity index (χ1v) is 10.1. The number of likely N-dealkylation sites (tertiary alicyclic amines) is 1. The Morgan fingerprint density at radius 3 is 2.73 bits per heavy atom. The summed E-state index contributed by atoms with van der Waals surface area (Å²) in [6.45, 7) is 2.56. The van der Waals surface area contributed by atoms with Crippen LogP contribution in [0.3, 0.4) is 0 Å². The van der Waals surface area contributed by atoms with Crippen LogP contribution in [-0.2, 0) is 4.79 Å². The van der Waals surface area contributed by atoms with Gasteiger partial charge in [0.05, 0.1) is 5.69 Å². The van der Waals surface area contributed by atoms with E-state index in [2.05, 4.69) is 20.2 Å². The number of aliphatic hydroxyl groups is 1. The number of aliphatic hydroxyl groups excluding tert-OH is 1. The van der Waals surface area contributed by atoms with E-state index in [0.29, 0.717) is 42.9 Å². The molecule has 7 nitrogen and oxygen atoms in total. The van der Waals surface area contributed by atoms with Gasteiger partial charge in [0.25, 0.3) is 5.91 Å². The van der Waals surface area contributed by atoms with E-state index >= 15 is 0 Å². The zero-order chi connectivity index (χ0) is 21.3. The predicted octanol–water partition coefficient (Wildman–Crippen LogP) is 3.41. The van der Waals surface area contributed by atoms with Gasteiger partial charge >= 0.3 is 0 Å². The molecule has 1 aliphatic rings. The van der Waals surface area contributed by atoms with Crippen LogP contribution in [0.25, 0.3) is 22.5 Å². The molecule has 1 unspecified atom stereocenters.